The van der Waals surface area contributed by atoms with Crippen LogP contribution in [0.1, 0.15) is 55.5 Å². The summed E-state index contributed by atoms with van der Waals surface area (Å²) in [6.07, 6.45) is 9.75. The van der Waals surface area contributed by atoms with Crippen LogP contribution in [0.15, 0.2) is 6.08 Å². The van der Waals surface area contributed by atoms with Crippen molar-refractivity contribution >= 4 is 24.0 Å². The van der Waals surface area contributed by atoms with E-state index in [0.717, 1.165) is 36.2 Å². The number of nitrogens with zero attached hydrogens (tertiary/aromatic N) is 2. The molecule has 0 atom stereocenters. The van der Waals surface area contributed by atoms with Crippen LogP contribution < -0.4 is 10.6 Å². The summed E-state index contributed by atoms with van der Waals surface area (Å²) in [5, 5.41) is 9.65. The minimum absolute atomic E-state index is 0.169. The topological polar surface area (TPSA) is 102 Å². The standard InChI is InChI=1S/C22H30N4O4/c1-13-18(14(2)26(3)25-13)4-5-20(28)30-12-19(27)23-21(29)24-22-9-15-6-16(10-22)8-17(7-15)11-22/h4-5,15-17H,6-12H2,1-3H3,(H2,23,24,27,29)/b5-4+. The number of carbonyl (C=O) groups excluding carboxylic acids is 3. The molecule has 8 heteroatoms. The summed E-state index contributed by atoms with van der Waals surface area (Å²) in [5.74, 6) is 0.827. The number of ether oxygens (including phenoxy) is 1. The molecular weight excluding hydrogens is 384 g/mol. The highest BCUT2D eigenvalue weighted by Gasteiger charge is 2.51. The molecule has 4 bridgehead atoms. The molecule has 0 saturated heterocycles. The van der Waals surface area contributed by atoms with Gasteiger partial charge in [-0.15, -0.1) is 0 Å². The number of aryl methyl sites for hydroxylation is 2. The molecule has 1 heterocycles. The lowest BCUT2D eigenvalue weighted by atomic mass is 9.53. The van der Waals surface area contributed by atoms with E-state index in [2.05, 4.69) is 15.7 Å². The first kappa shape index (κ1) is 20.6. The zero-order valence-corrected chi connectivity index (χ0v) is 17.9. The number of carbonyl (C=O) groups is 3. The maximum absolute atomic E-state index is 12.4. The molecule has 0 aliphatic heterocycles. The lowest BCUT2D eigenvalue weighted by molar-refractivity contribution is -0.143. The normalized spacial score (nSPS) is 29.2. The molecule has 2 N–H and O–H groups in total. The fourth-order valence-electron chi connectivity index (χ4n) is 6.07. The number of hydrogen-bond donors (Lipinski definition) is 2. The molecule has 5 rings (SSSR count). The van der Waals surface area contributed by atoms with Gasteiger partial charge in [0, 0.05) is 29.9 Å². The highest BCUT2D eigenvalue weighted by Crippen LogP contribution is 2.55. The first-order chi connectivity index (χ1) is 14.2. The molecule has 4 fully saturated rings. The summed E-state index contributed by atoms with van der Waals surface area (Å²) in [6.45, 7) is 3.26. The first-order valence-electron chi connectivity index (χ1n) is 10.7. The summed E-state index contributed by atoms with van der Waals surface area (Å²) in [6, 6.07) is -0.491. The average Bonchev–Trinajstić information content (AvgIpc) is 2.88. The van der Waals surface area contributed by atoms with E-state index in [9.17, 15) is 14.4 Å². The molecule has 162 valence electrons. The predicted octanol–water partition coefficient (Wildman–Crippen LogP) is 2.39. The molecule has 0 unspecified atom stereocenters. The maximum Gasteiger partial charge on any atom is 0.331 e. The van der Waals surface area contributed by atoms with E-state index in [1.54, 1.807) is 10.8 Å². The van der Waals surface area contributed by atoms with E-state index in [-0.39, 0.29) is 5.54 Å². The van der Waals surface area contributed by atoms with E-state index < -0.39 is 24.5 Å². The van der Waals surface area contributed by atoms with E-state index in [1.807, 2.05) is 20.9 Å². The molecule has 0 aromatic carbocycles. The van der Waals surface area contributed by atoms with Crippen molar-refractivity contribution in [3.05, 3.63) is 23.0 Å². The predicted molar refractivity (Wildman–Crippen MR) is 110 cm³/mol. The van der Waals surface area contributed by atoms with E-state index >= 15 is 0 Å². The number of esters is 1. The van der Waals surface area contributed by atoms with Crippen LogP contribution in [0.25, 0.3) is 6.08 Å². The molecule has 1 aromatic rings. The van der Waals surface area contributed by atoms with Crippen molar-refractivity contribution in [3.63, 3.8) is 0 Å². The average molecular weight is 415 g/mol. The zero-order valence-electron chi connectivity index (χ0n) is 17.9. The van der Waals surface area contributed by atoms with Gasteiger partial charge in [0.2, 0.25) is 0 Å². The van der Waals surface area contributed by atoms with Gasteiger partial charge < -0.3 is 10.1 Å². The summed E-state index contributed by atoms with van der Waals surface area (Å²) < 4.78 is 6.69. The number of hydrogen-bond acceptors (Lipinski definition) is 5. The molecule has 4 saturated carbocycles. The van der Waals surface area contributed by atoms with Crippen LogP contribution in [0.2, 0.25) is 0 Å². The molecule has 8 nitrogen and oxygen atoms in total. The molecule has 4 aliphatic rings. The van der Waals surface area contributed by atoms with Gasteiger partial charge in [-0.25, -0.2) is 9.59 Å². The van der Waals surface area contributed by atoms with Crippen LogP contribution in [-0.4, -0.2) is 39.8 Å². The van der Waals surface area contributed by atoms with Crippen LogP contribution >= 0.6 is 0 Å². The molecular formula is C22H30N4O4. The van der Waals surface area contributed by atoms with Crippen molar-refractivity contribution in [2.45, 2.75) is 57.9 Å². The third-order valence-corrected chi connectivity index (χ3v) is 6.97. The number of imide groups is 1. The van der Waals surface area contributed by atoms with Gasteiger partial charge in [0.05, 0.1) is 5.69 Å². The third kappa shape index (κ3) is 4.27. The van der Waals surface area contributed by atoms with Crippen molar-refractivity contribution < 1.29 is 19.1 Å². The lowest BCUT2D eigenvalue weighted by Gasteiger charge is -2.56. The second-order valence-electron chi connectivity index (χ2n) is 9.35. The van der Waals surface area contributed by atoms with Crippen molar-refractivity contribution in [1.82, 2.24) is 20.4 Å². The van der Waals surface area contributed by atoms with Crippen LogP contribution in [0.3, 0.4) is 0 Å². The number of rotatable bonds is 5. The van der Waals surface area contributed by atoms with Gasteiger partial charge in [-0.1, -0.05) is 0 Å². The van der Waals surface area contributed by atoms with Gasteiger partial charge in [0.15, 0.2) is 6.61 Å². The Morgan fingerprint density at radius 2 is 1.73 bits per heavy atom. The molecule has 0 spiro atoms. The molecule has 1 aromatic heterocycles. The fraction of sp³-hybridized carbons (Fsp3) is 0.636. The van der Waals surface area contributed by atoms with Crippen LogP contribution in [0, 0.1) is 31.6 Å². The second-order valence-corrected chi connectivity index (χ2v) is 9.35. The molecule has 4 aliphatic carbocycles. The molecule has 30 heavy (non-hydrogen) atoms. The van der Waals surface area contributed by atoms with Crippen molar-refractivity contribution in [1.29, 1.82) is 0 Å². The van der Waals surface area contributed by atoms with Crippen LogP contribution in [0.5, 0.6) is 0 Å². The van der Waals surface area contributed by atoms with Crippen molar-refractivity contribution in [2.75, 3.05) is 6.61 Å². The first-order valence-corrected chi connectivity index (χ1v) is 10.7. The van der Waals surface area contributed by atoms with Crippen LogP contribution in [-0.2, 0) is 21.4 Å². The van der Waals surface area contributed by atoms with Crippen molar-refractivity contribution in [2.24, 2.45) is 24.8 Å². The Balaban J connectivity index is 1.23. The highest BCUT2D eigenvalue weighted by molar-refractivity contribution is 5.96. The minimum Gasteiger partial charge on any atom is -0.452 e. The van der Waals surface area contributed by atoms with Crippen LogP contribution in [0.4, 0.5) is 4.79 Å². The smallest absolute Gasteiger partial charge is 0.331 e. The van der Waals surface area contributed by atoms with Gasteiger partial charge >= 0.3 is 12.0 Å². The van der Waals surface area contributed by atoms with Crippen molar-refractivity contribution in [3.8, 4) is 0 Å². The van der Waals surface area contributed by atoms with Gasteiger partial charge in [-0.05, 0) is 76.2 Å². The van der Waals surface area contributed by atoms with Gasteiger partial charge in [-0.2, -0.15) is 5.10 Å². The summed E-state index contributed by atoms with van der Waals surface area (Å²) >= 11 is 0. The fourth-order valence-corrected chi connectivity index (χ4v) is 6.07. The summed E-state index contributed by atoms with van der Waals surface area (Å²) in [5.41, 5.74) is 2.40. The van der Waals surface area contributed by atoms with Gasteiger partial charge in [0.25, 0.3) is 5.91 Å². The van der Waals surface area contributed by atoms with Gasteiger partial charge in [-0.3, -0.25) is 14.8 Å². The number of amides is 3. The number of urea groups is 1. The summed E-state index contributed by atoms with van der Waals surface area (Å²) in [4.78, 5) is 36.3. The van der Waals surface area contributed by atoms with E-state index in [1.165, 1.54) is 25.3 Å². The Labute approximate surface area is 176 Å². The Morgan fingerprint density at radius 3 is 2.27 bits per heavy atom. The zero-order chi connectivity index (χ0) is 21.5. The third-order valence-electron chi connectivity index (χ3n) is 6.97. The maximum atomic E-state index is 12.4. The monoisotopic (exact) mass is 414 g/mol. The highest BCUT2D eigenvalue weighted by atomic mass is 16.5. The lowest BCUT2D eigenvalue weighted by Crippen LogP contribution is -2.62. The van der Waals surface area contributed by atoms with Gasteiger partial charge in [0.1, 0.15) is 0 Å². The Kier molecular flexibility index (Phi) is 5.42. The Hall–Kier alpha value is -2.64. The quantitative estimate of drug-likeness (QED) is 0.569. The summed E-state index contributed by atoms with van der Waals surface area (Å²) in [7, 11) is 1.83. The SMILES string of the molecule is Cc1nn(C)c(C)c1/C=C/C(=O)OCC(=O)NC(=O)NC12CC3CC(CC(C3)C1)C2. The minimum atomic E-state index is -0.644. The number of nitrogens with one attached hydrogen (secondary N) is 2. The Bertz CT molecular complexity index is 866. The molecule has 3 amide bonds. The molecule has 0 radical (unpaired) electrons. The van der Waals surface area contributed by atoms with E-state index in [4.69, 9.17) is 4.74 Å². The van der Waals surface area contributed by atoms with E-state index in [0.29, 0.717) is 17.8 Å². The Morgan fingerprint density at radius 1 is 1.13 bits per heavy atom. The largest absolute Gasteiger partial charge is 0.452 e. The second kappa shape index (κ2) is 7.89. The number of aromatic nitrogens is 2.